The average Bonchev–Trinajstić information content (AvgIpc) is 3.45. The molecule has 0 aromatic heterocycles. The molecule has 1 saturated heterocycles. The molecule has 0 spiro atoms. The van der Waals surface area contributed by atoms with Crippen LogP contribution in [0.15, 0.2) is 66.7 Å². The largest absolute Gasteiger partial charge is 0.465 e. The van der Waals surface area contributed by atoms with Crippen LogP contribution in [0.2, 0.25) is 0 Å². The van der Waals surface area contributed by atoms with Gasteiger partial charge in [0.25, 0.3) is 11.8 Å². The molecule has 0 aliphatic carbocycles. The molecule has 2 aliphatic heterocycles. The van der Waals surface area contributed by atoms with Gasteiger partial charge in [-0.15, -0.1) is 0 Å². The molecule has 3 aromatic carbocycles. The Labute approximate surface area is 230 Å². The third kappa shape index (κ3) is 5.78. The van der Waals surface area contributed by atoms with Gasteiger partial charge in [-0.05, 0) is 60.7 Å². The monoisotopic (exact) mass is 546 g/mol. The predicted octanol–water partition coefficient (Wildman–Crippen LogP) is 3.29. The van der Waals surface area contributed by atoms with Crippen molar-refractivity contribution in [3.63, 3.8) is 0 Å². The fraction of sp³-hybridized carbons (Fsp3) is 0.214. The lowest BCUT2D eigenvalue weighted by molar-refractivity contribution is 0.0600. The smallest absolute Gasteiger partial charge is 0.337 e. The maximum Gasteiger partial charge on any atom is 0.337 e. The summed E-state index contributed by atoms with van der Waals surface area (Å²) in [6.07, 6.45) is 0. The standard InChI is InChI=1S/C28H26N4O6S/c1-36-27(35)20-7-9-22(31-11-13-32(14-12-31)26(34)18-5-3-2-4-6-18)21(15-20)29-28(39)30-25(33)19-8-10-23-24(16-19)38-17-37-23/h2-10,15-16H,11-14,17H2,1H3,(H2,29,30,33,39). The van der Waals surface area contributed by atoms with Crippen LogP contribution in [0, 0.1) is 0 Å². The molecule has 3 aromatic rings. The number of hydrogen-bond acceptors (Lipinski definition) is 8. The number of hydrogen-bond donors (Lipinski definition) is 2. The fourth-order valence-corrected chi connectivity index (χ4v) is 4.64. The number of nitrogens with one attached hydrogen (secondary N) is 2. The van der Waals surface area contributed by atoms with Crippen molar-refractivity contribution < 1.29 is 28.6 Å². The summed E-state index contributed by atoms with van der Waals surface area (Å²) >= 11 is 5.43. The van der Waals surface area contributed by atoms with Gasteiger partial charge in [0.15, 0.2) is 16.6 Å². The summed E-state index contributed by atoms with van der Waals surface area (Å²) in [5.41, 5.74) is 2.63. The number of carbonyl (C=O) groups is 3. The Bertz CT molecular complexity index is 1420. The van der Waals surface area contributed by atoms with Gasteiger partial charge in [-0.1, -0.05) is 18.2 Å². The molecular formula is C28H26N4O6S. The summed E-state index contributed by atoms with van der Waals surface area (Å²) in [7, 11) is 1.31. The highest BCUT2D eigenvalue weighted by Gasteiger charge is 2.25. The second kappa shape index (κ2) is 11.4. The van der Waals surface area contributed by atoms with Crippen molar-refractivity contribution in [3.8, 4) is 11.5 Å². The molecule has 0 bridgehead atoms. The first-order valence-corrected chi connectivity index (χ1v) is 12.7. The molecule has 0 radical (unpaired) electrons. The molecule has 0 atom stereocenters. The van der Waals surface area contributed by atoms with Gasteiger partial charge in [0.1, 0.15) is 0 Å². The van der Waals surface area contributed by atoms with E-state index in [4.69, 9.17) is 26.4 Å². The van der Waals surface area contributed by atoms with E-state index in [-0.39, 0.29) is 17.8 Å². The van der Waals surface area contributed by atoms with Gasteiger partial charge in [-0.3, -0.25) is 14.9 Å². The highest BCUT2D eigenvalue weighted by atomic mass is 32.1. The van der Waals surface area contributed by atoms with Crippen molar-refractivity contribution in [2.75, 3.05) is 50.3 Å². The average molecular weight is 547 g/mol. The number of amides is 2. The van der Waals surface area contributed by atoms with E-state index in [2.05, 4.69) is 15.5 Å². The summed E-state index contributed by atoms with van der Waals surface area (Å²) in [4.78, 5) is 41.8. The van der Waals surface area contributed by atoms with Crippen LogP contribution >= 0.6 is 12.2 Å². The van der Waals surface area contributed by atoms with Gasteiger partial charge in [0.2, 0.25) is 6.79 Å². The number of fused-ring (bicyclic) bond motifs is 1. The summed E-state index contributed by atoms with van der Waals surface area (Å²) in [5, 5.41) is 5.77. The van der Waals surface area contributed by atoms with Crippen LogP contribution in [-0.4, -0.2) is 67.9 Å². The van der Waals surface area contributed by atoms with Crippen molar-refractivity contribution in [3.05, 3.63) is 83.4 Å². The van der Waals surface area contributed by atoms with E-state index in [1.807, 2.05) is 23.1 Å². The van der Waals surface area contributed by atoms with Gasteiger partial charge in [-0.25, -0.2) is 4.79 Å². The second-order valence-electron chi connectivity index (χ2n) is 8.85. The Kier molecular flexibility index (Phi) is 7.60. The number of thiocarbonyl (C=S) groups is 1. The Balaban J connectivity index is 1.29. The summed E-state index contributed by atoms with van der Waals surface area (Å²) < 4.78 is 15.5. The predicted molar refractivity (Wildman–Crippen MR) is 149 cm³/mol. The first-order chi connectivity index (χ1) is 18.9. The van der Waals surface area contributed by atoms with Crippen LogP contribution in [0.5, 0.6) is 11.5 Å². The molecule has 2 N–H and O–H groups in total. The number of benzene rings is 3. The zero-order valence-electron chi connectivity index (χ0n) is 21.1. The fourth-order valence-electron chi connectivity index (χ4n) is 4.44. The topological polar surface area (TPSA) is 109 Å². The van der Waals surface area contributed by atoms with Crippen LogP contribution in [0.1, 0.15) is 31.1 Å². The third-order valence-electron chi connectivity index (χ3n) is 6.46. The summed E-state index contributed by atoms with van der Waals surface area (Å²) in [6, 6.07) is 19.1. The van der Waals surface area contributed by atoms with Gasteiger partial charge in [-0.2, -0.15) is 0 Å². The second-order valence-corrected chi connectivity index (χ2v) is 9.25. The van der Waals surface area contributed by atoms with E-state index >= 15 is 0 Å². The maximum atomic E-state index is 12.9. The number of piperazine rings is 1. The Hall–Kier alpha value is -4.64. The van der Waals surface area contributed by atoms with E-state index < -0.39 is 11.9 Å². The molecule has 5 rings (SSSR count). The quantitative estimate of drug-likeness (QED) is 0.368. The lowest BCUT2D eigenvalue weighted by Gasteiger charge is -2.37. The van der Waals surface area contributed by atoms with E-state index in [9.17, 15) is 14.4 Å². The normalized spacial score (nSPS) is 14.0. The highest BCUT2D eigenvalue weighted by molar-refractivity contribution is 7.80. The van der Waals surface area contributed by atoms with Crippen LogP contribution in [0.3, 0.4) is 0 Å². The lowest BCUT2D eigenvalue weighted by Crippen LogP contribution is -2.49. The lowest BCUT2D eigenvalue weighted by atomic mass is 10.1. The number of esters is 1. The van der Waals surface area contributed by atoms with Crippen LogP contribution in [-0.2, 0) is 4.74 Å². The van der Waals surface area contributed by atoms with Crippen molar-refractivity contribution in [1.82, 2.24) is 10.2 Å². The SMILES string of the molecule is COC(=O)c1ccc(N2CCN(C(=O)c3ccccc3)CC2)c(NC(=S)NC(=O)c2ccc3c(c2)OCO3)c1. The molecule has 1 fully saturated rings. The zero-order chi connectivity index (χ0) is 27.4. The molecule has 11 heteroatoms. The van der Waals surface area contributed by atoms with E-state index in [1.165, 1.54) is 7.11 Å². The van der Waals surface area contributed by atoms with Crippen molar-refractivity contribution in [2.45, 2.75) is 0 Å². The minimum absolute atomic E-state index is 0.0120. The van der Waals surface area contributed by atoms with E-state index in [0.29, 0.717) is 60.1 Å². The van der Waals surface area contributed by atoms with E-state index in [1.54, 1.807) is 48.5 Å². The van der Waals surface area contributed by atoms with Crippen molar-refractivity contribution in [1.29, 1.82) is 0 Å². The van der Waals surface area contributed by atoms with Crippen molar-refractivity contribution in [2.24, 2.45) is 0 Å². The summed E-state index contributed by atoms with van der Waals surface area (Å²) in [5.74, 6) is 0.117. The zero-order valence-corrected chi connectivity index (χ0v) is 22.0. The number of methoxy groups -OCH3 is 1. The van der Waals surface area contributed by atoms with Crippen LogP contribution < -0.4 is 25.0 Å². The van der Waals surface area contributed by atoms with Gasteiger partial charge in [0, 0.05) is 37.3 Å². The van der Waals surface area contributed by atoms with Gasteiger partial charge < -0.3 is 29.3 Å². The Morgan fingerprint density at radius 1 is 0.846 bits per heavy atom. The van der Waals surface area contributed by atoms with Crippen LogP contribution in [0.25, 0.3) is 0 Å². The molecule has 2 amide bonds. The first-order valence-electron chi connectivity index (χ1n) is 12.3. The number of carbonyl (C=O) groups excluding carboxylic acids is 3. The minimum atomic E-state index is -0.502. The van der Waals surface area contributed by atoms with E-state index in [0.717, 1.165) is 5.69 Å². The minimum Gasteiger partial charge on any atom is -0.465 e. The Morgan fingerprint density at radius 2 is 1.56 bits per heavy atom. The third-order valence-corrected chi connectivity index (χ3v) is 6.66. The van der Waals surface area contributed by atoms with Gasteiger partial charge in [0.05, 0.1) is 24.0 Å². The number of nitrogens with zero attached hydrogens (tertiary/aromatic N) is 2. The maximum absolute atomic E-state index is 12.9. The molecule has 0 saturated carbocycles. The van der Waals surface area contributed by atoms with Gasteiger partial charge >= 0.3 is 5.97 Å². The number of rotatable bonds is 5. The molecular weight excluding hydrogens is 520 g/mol. The molecule has 10 nitrogen and oxygen atoms in total. The molecule has 2 heterocycles. The molecule has 2 aliphatic rings. The summed E-state index contributed by atoms with van der Waals surface area (Å²) in [6.45, 7) is 2.30. The molecule has 0 unspecified atom stereocenters. The Morgan fingerprint density at radius 3 is 2.31 bits per heavy atom. The molecule has 200 valence electrons. The molecule has 39 heavy (non-hydrogen) atoms. The first kappa shape index (κ1) is 26.0. The number of ether oxygens (including phenoxy) is 3. The number of anilines is 2. The van der Waals surface area contributed by atoms with Crippen molar-refractivity contribution >= 4 is 46.5 Å². The highest BCUT2D eigenvalue weighted by Crippen LogP contribution is 2.33. The van der Waals surface area contributed by atoms with Crippen LogP contribution in [0.4, 0.5) is 11.4 Å².